The van der Waals surface area contributed by atoms with Crippen molar-refractivity contribution in [2.24, 2.45) is 0 Å². The van der Waals surface area contributed by atoms with E-state index in [1.807, 2.05) is 25.1 Å². The highest BCUT2D eigenvalue weighted by atomic mass is 32.1. The summed E-state index contributed by atoms with van der Waals surface area (Å²) in [6.45, 7) is 2.49. The molecule has 0 aliphatic carbocycles. The van der Waals surface area contributed by atoms with E-state index < -0.39 is 5.97 Å². The first-order chi connectivity index (χ1) is 11.5. The van der Waals surface area contributed by atoms with E-state index in [0.717, 1.165) is 5.56 Å². The lowest BCUT2D eigenvalue weighted by atomic mass is 10.1. The molecule has 2 aromatic carbocycles. The zero-order valence-electron chi connectivity index (χ0n) is 13.1. The molecule has 0 saturated heterocycles. The van der Waals surface area contributed by atoms with Gasteiger partial charge in [-0.25, -0.2) is 4.79 Å². The third-order valence-electron chi connectivity index (χ3n) is 3.94. The largest absolute Gasteiger partial charge is 0.478 e. The van der Waals surface area contributed by atoms with Crippen LogP contribution < -0.4 is 5.56 Å². The molecule has 0 saturated carbocycles. The highest BCUT2D eigenvalue weighted by Gasteiger charge is 2.09. The van der Waals surface area contributed by atoms with E-state index in [0.29, 0.717) is 28.6 Å². The van der Waals surface area contributed by atoms with E-state index in [1.54, 1.807) is 0 Å². The van der Waals surface area contributed by atoms with E-state index in [-0.39, 0.29) is 11.1 Å². The predicted octanol–water partition coefficient (Wildman–Crippen LogP) is 3.31. The van der Waals surface area contributed by atoms with Crippen molar-refractivity contribution in [3.8, 4) is 0 Å². The van der Waals surface area contributed by atoms with Crippen molar-refractivity contribution in [1.29, 1.82) is 0 Å². The molecule has 0 unspecified atom stereocenters. The summed E-state index contributed by atoms with van der Waals surface area (Å²) in [5.41, 5.74) is 2.66. The van der Waals surface area contributed by atoms with Gasteiger partial charge in [0.2, 0.25) is 0 Å². The summed E-state index contributed by atoms with van der Waals surface area (Å²) in [7, 11) is 0. The first kappa shape index (κ1) is 16.1. The van der Waals surface area contributed by atoms with Gasteiger partial charge in [0.1, 0.15) is 0 Å². The lowest BCUT2D eigenvalue weighted by molar-refractivity contribution is 0.0697. The maximum Gasteiger partial charge on any atom is 0.335 e. The van der Waals surface area contributed by atoms with Crippen molar-refractivity contribution < 1.29 is 9.90 Å². The van der Waals surface area contributed by atoms with Crippen LogP contribution in [0.3, 0.4) is 0 Å². The molecule has 122 valence electrons. The van der Waals surface area contributed by atoms with Crippen LogP contribution in [-0.2, 0) is 13.0 Å². The van der Waals surface area contributed by atoms with Gasteiger partial charge in [-0.1, -0.05) is 29.8 Å². The van der Waals surface area contributed by atoms with Crippen molar-refractivity contribution in [3.63, 3.8) is 0 Å². The minimum Gasteiger partial charge on any atom is -0.478 e. The molecule has 0 fully saturated rings. The van der Waals surface area contributed by atoms with E-state index in [4.69, 9.17) is 17.3 Å². The number of aromatic nitrogens is 2. The number of aryl methyl sites for hydroxylation is 2. The second kappa shape index (κ2) is 6.41. The van der Waals surface area contributed by atoms with Crippen LogP contribution in [0.5, 0.6) is 0 Å². The van der Waals surface area contributed by atoms with Gasteiger partial charge in [0.15, 0.2) is 4.77 Å². The molecule has 0 aliphatic heterocycles. The topological polar surface area (TPSA) is 75.1 Å². The van der Waals surface area contributed by atoms with Gasteiger partial charge in [-0.2, -0.15) is 0 Å². The summed E-state index contributed by atoms with van der Waals surface area (Å²) in [5, 5.41) is 9.48. The average Bonchev–Trinajstić information content (AvgIpc) is 2.54. The average molecular weight is 340 g/mol. The van der Waals surface area contributed by atoms with E-state index in [1.165, 1.54) is 28.3 Å². The number of hydrogen-bond acceptors (Lipinski definition) is 3. The Balaban J connectivity index is 1.99. The standard InChI is InChI=1S/C18H16N2O3S/c1-11-3-2-4-12(9-11)7-8-20-16(21)14-6-5-13(17(22)23)10-15(14)19-18(20)24/h2-6,9-10H,7-8H2,1H3,(H,19,24)(H,22,23). The van der Waals surface area contributed by atoms with Crippen LogP contribution in [-0.4, -0.2) is 20.6 Å². The fourth-order valence-electron chi connectivity index (χ4n) is 2.70. The Morgan fingerprint density at radius 1 is 1.25 bits per heavy atom. The Kier molecular flexibility index (Phi) is 4.31. The Labute approximate surface area is 143 Å². The van der Waals surface area contributed by atoms with E-state index in [9.17, 15) is 9.59 Å². The van der Waals surface area contributed by atoms with Gasteiger partial charge in [-0.15, -0.1) is 0 Å². The number of H-pyrrole nitrogens is 1. The molecule has 1 aromatic heterocycles. The first-order valence-electron chi connectivity index (χ1n) is 7.51. The normalized spacial score (nSPS) is 10.9. The molecule has 3 rings (SSSR count). The summed E-state index contributed by atoms with van der Waals surface area (Å²) in [6.07, 6.45) is 0.692. The molecule has 1 heterocycles. The van der Waals surface area contributed by atoms with E-state index in [2.05, 4.69) is 11.1 Å². The lowest BCUT2D eigenvalue weighted by Crippen LogP contribution is -2.23. The molecule has 3 aromatic rings. The maximum atomic E-state index is 12.6. The summed E-state index contributed by atoms with van der Waals surface area (Å²) < 4.78 is 1.81. The lowest BCUT2D eigenvalue weighted by Gasteiger charge is -2.09. The predicted molar refractivity (Wildman–Crippen MR) is 95.2 cm³/mol. The number of carbonyl (C=O) groups is 1. The number of aromatic carboxylic acids is 1. The van der Waals surface area contributed by atoms with Crippen molar-refractivity contribution in [2.75, 3.05) is 0 Å². The third-order valence-corrected chi connectivity index (χ3v) is 4.26. The number of rotatable bonds is 4. The van der Waals surface area contributed by atoms with Gasteiger partial charge in [-0.3, -0.25) is 9.36 Å². The van der Waals surface area contributed by atoms with Crippen molar-refractivity contribution in [3.05, 3.63) is 74.3 Å². The molecule has 24 heavy (non-hydrogen) atoms. The molecule has 0 atom stereocenters. The molecule has 5 nitrogen and oxygen atoms in total. The SMILES string of the molecule is Cc1cccc(CCn2c(=S)[nH]c3cc(C(=O)O)ccc3c2=O)c1. The van der Waals surface area contributed by atoms with Crippen LogP contribution in [0.25, 0.3) is 10.9 Å². The summed E-state index contributed by atoms with van der Waals surface area (Å²) in [4.78, 5) is 26.6. The Morgan fingerprint density at radius 3 is 2.75 bits per heavy atom. The number of carboxylic acid groups (broad SMARTS) is 1. The van der Waals surface area contributed by atoms with Crippen LogP contribution in [0.2, 0.25) is 0 Å². The van der Waals surface area contributed by atoms with Gasteiger partial charge in [0, 0.05) is 6.54 Å². The Hall–Kier alpha value is -2.73. The van der Waals surface area contributed by atoms with Crippen molar-refractivity contribution in [2.45, 2.75) is 19.9 Å². The number of hydrogen-bond donors (Lipinski definition) is 2. The van der Waals surface area contributed by atoms with Crippen molar-refractivity contribution in [1.82, 2.24) is 9.55 Å². The zero-order chi connectivity index (χ0) is 17.3. The molecule has 0 radical (unpaired) electrons. The number of aromatic amines is 1. The zero-order valence-corrected chi connectivity index (χ0v) is 13.9. The molecule has 0 bridgehead atoms. The smallest absolute Gasteiger partial charge is 0.335 e. The number of carboxylic acids is 1. The van der Waals surface area contributed by atoms with Crippen LogP contribution in [0, 0.1) is 11.7 Å². The van der Waals surface area contributed by atoms with Crippen LogP contribution in [0.15, 0.2) is 47.3 Å². The third kappa shape index (κ3) is 3.14. The maximum absolute atomic E-state index is 12.6. The second-order valence-electron chi connectivity index (χ2n) is 5.69. The second-order valence-corrected chi connectivity index (χ2v) is 6.08. The Bertz CT molecular complexity index is 1050. The molecule has 0 spiro atoms. The summed E-state index contributed by atoms with van der Waals surface area (Å²) in [6, 6.07) is 12.5. The Morgan fingerprint density at radius 2 is 2.04 bits per heavy atom. The minimum atomic E-state index is -1.04. The van der Waals surface area contributed by atoms with Crippen molar-refractivity contribution >= 4 is 29.1 Å². The quantitative estimate of drug-likeness (QED) is 0.715. The number of fused-ring (bicyclic) bond motifs is 1. The molecule has 0 amide bonds. The summed E-state index contributed by atoms with van der Waals surface area (Å²) in [5.74, 6) is -1.04. The molecule has 6 heteroatoms. The molecular weight excluding hydrogens is 324 g/mol. The van der Waals surface area contributed by atoms with Gasteiger partial charge < -0.3 is 10.1 Å². The monoisotopic (exact) mass is 340 g/mol. The highest BCUT2D eigenvalue weighted by Crippen LogP contribution is 2.11. The molecule has 2 N–H and O–H groups in total. The highest BCUT2D eigenvalue weighted by molar-refractivity contribution is 7.71. The van der Waals surface area contributed by atoms with Crippen LogP contribution >= 0.6 is 12.2 Å². The number of nitrogens with zero attached hydrogens (tertiary/aromatic N) is 1. The molecular formula is C18H16N2O3S. The van der Waals surface area contributed by atoms with E-state index >= 15 is 0 Å². The fourth-order valence-corrected chi connectivity index (χ4v) is 2.98. The number of nitrogens with one attached hydrogen (secondary N) is 1. The first-order valence-corrected chi connectivity index (χ1v) is 7.92. The van der Waals surface area contributed by atoms with Gasteiger partial charge in [0.25, 0.3) is 5.56 Å². The minimum absolute atomic E-state index is 0.116. The van der Waals surface area contributed by atoms with Crippen LogP contribution in [0.4, 0.5) is 0 Å². The fraction of sp³-hybridized carbons (Fsp3) is 0.167. The molecule has 0 aliphatic rings. The summed E-state index contributed by atoms with van der Waals surface area (Å²) >= 11 is 5.28. The van der Waals surface area contributed by atoms with Crippen LogP contribution in [0.1, 0.15) is 21.5 Å². The van der Waals surface area contributed by atoms with Gasteiger partial charge >= 0.3 is 5.97 Å². The number of benzene rings is 2. The van der Waals surface area contributed by atoms with Gasteiger partial charge in [0.05, 0.1) is 16.5 Å². The van der Waals surface area contributed by atoms with Gasteiger partial charge in [-0.05, 0) is 49.3 Å².